The first-order chi connectivity index (χ1) is 7.06. The molecule has 0 aliphatic heterocycles. The van der Waals surface area contributed by atoms with Crippen LogP contribution in [0.4, 0.5) is 0 Å². The third-order valence-corrected chi connectivity index (χ3v) is 3.93. The molecule has 0 fully saturated rings. The lowest BCUT2D eigenvalue weighted by Gasteiger charge is -2.30. The van der Waals surface area contributed by atoms with Crippen LogP contribution in [-0.2, 0) is 19.6 Å². The van der Waals surface area contributed by atoms with E-state index in [2.05, 4.69) is 6.58 Å². The number of hydrogen-bond acceptors (Lipinski definition) is 5. The summed E-state index contributed by atoms with van der Waals surface area (Å²) in [4.78, 5) is 9.19. The fourth-order valence-corrected chi connectivity index (χ4v) is 1.87. The second-order valence-corrected chi connectivity index (χ2v) is 5.32. The minimum Gasteiger partial charge on any atom is -0.456 e. The SMILES string of the molecule is C=C(C)C(=O)OC(C)C(N)(CC)S(=O)(=O)O. The number of carbonyl (C=O) groups excluding carboxylic acids is 1. The smallest absolute Gasteiger partial charge is 0.333 e. The standard InChI is InChI=1S/C9H17NO5S/c1-5-9(10,16(12,13)14)7(4)15-8(11)6(2)3/h7H,2,5,10H2,1,3-4H3,(H,12,13,14). The molecule has 0 radical (unpaired) electrons. The van der Waals surface area contributed by atoms with Gasteiger partial charge in [0.2, 0.25) is 0 Å². The van der Waals surface area contributed by atoms with Crippen molar-refractivity contribution in [2.24, 2.45) is 5.73 Å². The number of carbonyl (C=O) groups is 1. The molecule has 0 spiro atoms. The highest BCUT2D eigenvalue weighted by molar-refractivity contribution is 7.87. The maximum absolute atomic E-state index is 11.2. The molecular weight excluding hydrogens is 234 g/mol. The lowest BCUT2D eigenvalue weighted by molar-refractivity contribution is -0.145. The van der Waals surface area contributed by atoms with E-state index < -0.39 is 27.1 Å². The van der Waals surface area contributed by atoms with E-state index >= 15 is 0 Å². The number of rotatable bonds is 5. The molecule has 0 aromatic rings. The van der Waals surface area contributed by atoms with Crippen molar-refractivity contribution in [2.45, 2.75) is 38.2 Å². The molecule has 7 heteroatoms. The van der Waals surface area contributed by atoms with Crippen molar-refractivity contribution in [3.05, 3.63) is 12.2 Å². The van der Waals surface area contributed by atoms with Gasteiger partial charge >= 0.3 is 5.97 Å². The summed E-state index contributed by atoms with van der Waals surface area (Å²) in [6, 6.07) is 0. The summed E-state index contributed by atoms with van der Waals surface area (Å²) in [5.74, 6) is -0.751. The maximum Gasteiger partial charge on any atom is 0.333 e. The van der Waals surface area contributed by atoms with E-state index in [0.29, 0.717) is 0 Å². The van der Waals surface area contributed by atoms with E-state index in [1.165, 1.54) is 20.8 Å². The summed E-state index contributed by atoms with van der Waals surface area (Å²) >= 11 is 0. The molecule has 0 saturated heterocycles. The fraction of sp³-hybridized carbons (Fsp3) is 0.667. The number of nitrogens with two attached hydrogens (primary N) is 1. The molecule has 2 atom stereocenters. The second kappa shape index (κ2) is 4.94. The van der Waals surface area contributed by atoms with Crippen molar-refractivity contribution in [3.63, 3.8) is 0 Å². The van der Waals surface area contributed by atoms with Crippen molar-refractivity contribution in [1.82, 2.24) is 0 Å². The molecule has 94 valence electrons. The van der Waals surface area contributed by atoms with E-state index in [-0.39, 0.29) is 12.0 Å². The van der Waals surface area contributed by atoms with Crippen LogP contribution in [0.25, 0.3) is 0 Å². The fourth-order valence-electron chi connectivity index (χ4n) is 1.04. The lowest BCUT2D eigenvalue weighted by Crippen LogP contribution is -2.56. The topological polar surface area (TPSA) is 107 Å². The van der Waals surface area contributed by atoms with E-state index in [1.54, 1.807) is 0 Å². The molecule has 0 aromatic heterocycles. The zero-order valence-electron chi connectivity index (χ0n) is 9.56. The Balaban J connectivity index is 5.02. The van der Waals surface area contributed by atoms with Crippen molar-refractivity contribution in [3.8, 4) is 0 Å². The van der Waals surface area contributed by atoms with Gasteiger partial charge in [-0.25, -0.2) is 4.79 Å². The zero-order chi connectivity index (χ0) is 13.1. The van der Waals surface area contributed by atoms with Crippen molar-refractivity contribution >= 4 is 16.1 Å². The molecule has 0 saturated carbocycles. The van der Waals surface area contributed by atoms with Crippen LogP contribution in [0.2, 0.25) is 0 Å². The molecular formula is C9H17NO5S. The summed E-state index contributed by atoms with van der Waals surface area (Å²) in [7, 11) is -4.51. The van der Waals surface area contributed by atoms with Gasteiger partial charge in [0.1, 0.15) is 6.10 Å². The van der Waals surface area contributed by atoms with Gasteiger partial charge in [-0.3, -0.25) is 4.55 Å². The number of ether oxygens (including phenoxy) is 1. The molecule has 0 aliphatic carbocycles. The Morgan fingerprint density at radius 1 is 1.62 bits per heavy atom. The van der Waals surface area contributed by atoms with Gasteiger partial charge in [-0.1, -0.05) is 13.5 Å². The van der Waals surface area contributed by atoms with Crippen LogP contribution >= 0.6 is 0 Å². The van der Waals surface area contributed by atoms with E-state index in [9.17, 15) is 13.2 Å². The molecule has 0 amide bonds. The molecule has 2 unspecified atom stereocenters. The average Bonchev–Trinajstić information content (AvgIpc) is 2.14. The number of hydrogen-bond donors (Lipinski definition) is 2. The van der Waals surface area contributed by atoms with Gasteiger partial charge in [0.05, 0.1) is 0 Å². The van der Waals surface area contributed by atoms with Crippen molar-refractivity contribution < 1.29 is 22.5 Å². The monoisotopic (exact) mass is 251 g/mol. The first-order valence-corrected chi connectivity index (χ1v) is 6.12. The zero-order valence-corrected chi connectivity index (χ0v) is 10.4. The summed E-state index contributed by atoms with van der Waals surface area (Å²) in [5.41, 5.74) is 5.65. The Morgan fingerprint density at radius 3 is 2.31 bits per heavy atom. The van der Waals surface area contributed by atoms with Gasteiger partial charge in [-0.15, -0.1) is 0 Å². The van der Waals surface area contributed by atoms with Crippen LogP contribution < -0.4 is 5.73 Å². The van der Waals surface area contributed by atoms with Crippen molar-refractivity contribution in [1.29, 1.82) is 0 Å². The summed E-state index contributed by atoms with van der Waals surface area (Å²) in [6.45, 7) is 7.55. The van der Waals surface area contributed by atoms with Gasteiger partial charge < -0.3 is 10.5 Å². The molecule has 0 aromatic carbocycles. The minimum atomic E-state index is -4.51. The number of esters is 1. The highest BCUT2D eigenvalue weighted by Gasteiger charge is 2.45. The Labute approximate surface area is 95.2 Å². The molecule has 0 aliphatic rings. The van der Waals surface area contributed by atoms with Gasteiger partial charge in [0, 0.05) is 5.57 Å². The van der Waals surface area contributed by atoms with Gasteiger partial charge in [0.15, 0.2) is 4.87 Å². The highest BCUT2D eigenvalue weighted by atomic mass is 32.2. The predicted molar refractivity (Wildman–Crippen MR) is 59.1 cm³/mol. The van der Waals surface area contributed by atoms with Gasteiger partial charge in [-0.05, 0) is 20.3 Å². The van der Waals surface area contributed by atoms with Crippen LogP contribution in [0.1, 0.15) is 27.2 Å². The molecule has 6 nitrogen and oxygen atoms in total. The van der Waals surface area contributed by atoms with Crippen LogP contribution in [0, 0.1) is 0 Å². The molecule has 0 bridgehead atoms. The Morgan fingerprint density at radius 2 is 2.06 bits per heavy atom. The highest BCUT2D eigenvalue weighted by Crippen LogP contribution is 2.22. The molecule has 0 heterocycles. The van der Waals surface area contributed by atoms with E-state index in [1.807, 2.05) is 0 Å². The predicted octanol–water partition coefficient (Wildman–Crippen LogP) is 0.447. The quantitative estimate of drug-likeness (QED) is 0.417. The van der Waals surface area contributed by atoms with Crippen LogP contribution in [0.5, 0.6) is 0 Å². The van der Waals surface area contributed by atoms with Gasteiger partial charge in [-0.2, -0.15) is 8.42 Å². The maximum atomic E-state index is 11.2. The Bertz CT molecular complexity index is 389. The first kappa shape index (κ1) is 15.1. The minimum absolute atomic E-state index is 0.0868. The summed E-state index contributed by atoms with van der Waals surface area (Å²) in [6.07, 6.45) is -1.26. The van der Waals surface area contributed by atoms with E-state index in [0.717, 1.165) is 0 Å². The molecule has 0 rings (SSSR count). The Kier molecular flexibility index (Phi) is 4.66. The molecule has 16 heavy (non-hydrogen) atoms. The average molecular weight is 251 g/mol. The Hall–Kier alpha value is -0.920. The molecule has 3 N–H and O–H groups in total. The van der Waals surface area contributed by atoms with Crippen LogP contribution in [0.15, 0.2) is 12.2 Å². The normalized spacial score (nSPS) is 17.3. The third kappa shape index (κ3) is 3.03. The van der Waals surface area contributed by atoms with Gasteiger partial charge in [0.25, 0.3) is 10.1 Å². The van der Waals surface area contributed by atoms with Crippen molar-refractivity contribution in [2.75, 3.05) is 0 Å². The first-order valence-electron chi connectivity index (χ1n) is 4.68. The summed E-state index contributed by atoms with van der Waals surface area (Å²) in [5, 5.41) is 0. The second-order valence-electron chi connectivity index (χ2n) is 3.61. The summed E-state index contributed by atoms with van der Waals surface area (Å²) < 4.78 is 36.0. The van der Waals surface area contributed by atoms with Crippen LogP contribution in [-0.4, -0.2) is 29.9 Å². The third-order valence-electron chi connectivity index (χ3n) is 2.35. The lowest BCUT2D eigenvalue weighted by atomic mass is 10.1. The largest absolute Gasteiger partial charge is 0.456 e. The van der Waals surface area contributed by atoms with Crippen LogP contribution in [0.3, 0.4) is 0 Å². The van der Waals surface area contributed by atoms with E-state index in [4.69, 9.17) is 15.0 Å².